The van der Waals surface area contributed by atoms with Crippen LogP contribution in [-0.2, 0) is 0 Å². The monoisotopic (exact) mass is 667 g/mol. The quantitative estimate of drug-likeness (QED) is 0.183. The Morgan fingerprint density at radius 3 is 1.59 bits per heavy atom. The largest absolute Gasteiger partial charge is 0.454 e. The molecule has 11 aromatic rings. The van der Waals surface area contributed by atoms with Gasteiger partial charge in [0.25, 0.3) is 0 Å². The van der Waals surface area contributed by atoms with E-state index >= 15 is 0 Å². The van der Waals surface area contributed by atoms with Gasteiger partial charge in [-0.25, -0.2) is 0 Å². The maximum absolute atomic E-state index is 6.78. The smallest absolute Gasteiger partial charge is 0.159 e. The highest BCUT2D eigenvalue weighted by molar-refractivity contribution is 7.25. The van der Waals surface area contributed by atoms with E-state index in [0.717, 1.165) is 38.7 Å². The summed E-state index contributed by atoms with van der Waals surface area (Å²) >= 11 is 1.85. The summed E-state index contributed by atoms with van der Waals surface area (Å²) in [5, 5.41) is 7.30. The van der Waals surface area contributed by atoms with Gasteiger partial charge in [0.1, 0.15) is 5.58 Å². The molecule has 0 spiro atoms. The van der Waals surface area contributed by atoms with E-state index in [2.05, 4.69) is 180 Å². The first-order valence-electron chi connectivity index (χ1n) is 17.3. The Morgan fingerprint density at radius 2 is 0.882 bits per heavy atom. The molecule has 3 heteroatoms. The molecule has 11 rings (SSSR count). The van der Waals surface area contributed by atoms with Gasteiger partial charge in [-0.2, -0.15) is 0 Å². The number of para-hydroxylation sites is 1. The van der Waals surface area contributed by atoms with Crippen LogP contribution >= 0.6 is 11.3 Å². The lowest BCUT2D eigenvalue weighted by Gasteiger charge is -2.09. The lowest BCUT2D eigenvalue weighted by Crippen LogP contribution is -1.94. The zero-order valence-electron chi connectivity index (χ0n) is 27.5. The van der Waals surface area contributed by atoms with Gasteiger partial charge in [-0.05, 0) is 94.0 Å². The van der Waals surface area contributed by atoms with Gasteiger partial charge in [0.15, 0.2) is 5.58 Å². The van der Waals surface area contributed by atoms with Crippen molar-refractivity contribution >= 4 is 75.3 Å². The third-order valence-corrected chi connectivity index (χ3v) is 11.6. The summed E-state index contributed by atoms with van der Waals surface area (Å²) in [5.41, 5.74) is 12.4. The highest BCUT2D eigenvalue weighted by atomic mass is 32.1. The second-order valence-corrected chi connectivity index (χ2v) is 14.4. The van der Waals surface area contributed by atoms with Crippen molar-refractivity contribution in [3.05, 3.63) is 176 Å². The van der Waals surface area contributed by atoms with Crippen LogP contribution in [0, 0.1) is 0 Å². The van der Waals surface area contributed by atoms with Gasteiger partial charge in [-0.1, -0.05) is 115 Å². The number of thiophene rings is 1. The van der Waals surface area contributed by atoms with Gasteiger partial charge in [0.05, 0.1) is 16.7 Å². The summed E-state index contributed by atoms with van der Waals surface area (Å²) in [7, 11) is 0. The molecule has 0 bridgehead atoms. The fourth-order valence-corrected chi connectivity index (χ4v) is 9.03. The molecule has 0 atom stereocenters. The van der Waals surface area contributed by atoms with E-state index in [1.807, 2.05) is 11.3 Å². The SMILES string of the molecule is c1ccc(-c2ccc3c(c2)c2cc(-c4ccccc4)ccc2n3-c2cccc3c2oc2ccc(-c4ccc5sc6ccccc6c5c4)cc23)cc1. The molecule has 0 aliphatic rings. The number of aromatic nitrogens is 1. The third kappa shape index (κ3) is 4.42. The first kappa shape index (κ1) is 28.4. The van der Waals surface area contributed by atoms with E-state index in [1.165, 1.54) is 64.3 Å². The standard InChI is InChI=1S/C48H29NOS/c1-3-10-30(11-4-1)32-18-22-42-38(26-32)39-27-33(31-12-5-2-6-13-31)19-23-43(39)49(42)44-16-9-15-37-40-28-34(20-24-45(40)50-48(37)44)35-21-25-47-41(29-35)36-14-7-8-17-46(36)51-47/h1-29H. The highest BCUT2D eigenvalue weighted by Crippen LogP contribution is 2.42. The minimum Gasteiger partial charge on any atom is -0.454 e. The normalized spacial score (nSPS) is 11.9. The Kier molecular flexibility index (Phi) is 6.16. The van der Waals surface area contributed by atoms with Crippen LogP contribution in [0.2, 0.25) is 0 Å². The van der Waals surface area contributed by atoms with Gasteiger partial charge < -0.3 is 8.98 Å². The van der Waals surface area contributed by atoms with Crippen molar-refractivity contribution in [3.8, 4) is 39.1 Å². The van der Waals surface area contributed by atoms with Gasteiger partial charge in [-0.3, -0.25) is 0 Å². The number of hydrogen-bond donors (Lipinski definition) is 0. The fraction of sp³-hybridized carbons (Fsp3) is 0. The van der Waals surface area contributed by atoms with Crippen molar-refractivity contribution < 1.29 is 4.42 Å². The van der Waals surface area contributed by atoms with Gasteiger partial charge in [0, 0.05) is 41.7 Å². The molecule has 238 valence electrons. The molecule has 2 nitrogen and oxygen atoms in total. The number of benzene rings is 8. The van der Waals surface area contributed by atoms with Crippen molar-refractivity contribution in [3.63, 3.8) is 0 Å². The van der Waals surface area contributed by atoms with E-state index in [1.54, 1.807) is 0 Å². The molecular weight excluding hydrogens is 639 g/mol. The highest BCUT2D eigenvalue weighted by Gasteiger charge is 2.19. The van der Waals surface area contributed by atoms with Crippen LogP contribution in [0.25, 0.3) is 103 Å². The maximum atomic E-state index is 6.78. The first-order valence-corrected chi connectivity index (χ1v) is 18.1. The van der Waals surface area contributed by atoms with Gasteiger partial charge in [0.2, 0.25) is 0 Å². The van der Waals surface area contributed by atoms with Crippen molar-refractivity contribution in [2.75, 3.05) is 0 Å². The van der Waals surface area contributed by atoms with Crippen LogP contribution in [0.15, 0.2) is 180 Å². The molecule has 0 N–H and O–H groups in total. The topological polar surface area (TPSA) is 18.1 Å². The predicted octanol–water partition coefficient (Wildman–Crippen LogP) is 14.1. The average molecular weight is 668 g/mol. The van der Waals surface area contributed by atoms with E-state index in [-0.39, 0.29) is 0 Å². The number of furan rings is 1. The van der Waals surface area contributed by atoms with Gasteiger partial charge in [-0.15, -0.1) is 11.3 Å². The summed E-state index contributed by atoms with van der Waals surface area (Å²) < 4.78 is 11.8. The molecule has 8 aromatic carbocycles. The van der Waals surface area contributed by atoms with Crippen LogP contribution in [-0.4, -0.2) is 4.57 Å². The lowest BCUT2D eigenvalue weighted by atomic mass is 10.0. The molecule has 3 heterocycles. The minimum absolute atomic E-state index is 0.891. The Hall–Kier alpha value is -6.42. The van der Waals surface area contributed by atoms with Gasteiger partial charge >= 0.3 is 0 Å². The van der Waals surface area contributed by atoms with Crippen LogP contribution in [0.3, 0.4) is 0 Å². The summed E-state index contributed by atoms with van der Waals surface area (Å²) in [6.45, 7) is 0. The molecule has 0 saturated carbocycles. The fourth-order valence-electron chi connectivity index (χ4n) is 7.95. The number of rotatable bonds is 4. The van der Waals surface area contributed by atoms with E-state index in [9.17, 15) is 0 Å². The molecule has 0 aliphatic carbocycles. The summed E-state index contributed by atoms with van der Waals surface area (Å²) in [5.74, 6) is 0. The van der Waals surface area contributed by atoms with Crippen LogP contribution in [0.5, 0.6) is 0 Å². The summed E-state index contributed by atoms with van der Waals surface area (Å²) in [6.07, 6.45) is 0. The number of fused-ring (bicyclic) bond motifs is 9. The van der Waals surface area contributed by atoms with Crippen LogP contribution < -0.4 is 0 Å². The zero-order chi connectivity index (χ0) is 33.5. The minimum atomic E-state index is 0.891. The average Bonchev–Trinajstić information content (AvgIpc) is 3.87. The maximum Gasteiger partial charge on any atom is 0.159 e. The lowest BCUT2D eigenvalue weighted by molar-refractivity contribution is 0.666. The predicted molar refractivity (Wildman–Crippen MR) is 217 cm³/mol. The molecule has 3 aromatic heterocycles. The van der Waals surface area contributed by atoms with E-state index < -0.39 is 0 Å². The molecule has 0 amide bonds. The molecule has 0 saturated heterocycles. The Labute approximate surface area is 298 Å². The Morgan fingerprint density at radius 1 is 0.353 bits per heavy atom. The molecule has 0 unspecified atom stereocenters. The molecular formula is C48H29NOS. The second kappa shape index (κ2) is 11.0. The van der Waals surface area contributed by atoms with Crippen LogP contribution in [0.4, 0.5) is 0 Å². The molecule has 0 radical (unpaired) electrons. The zero-order valence-corrected chi connectivity index (χ0v) is 28.3. The summed E-state index contributed by atoms with van der Waals surface area (Å²) in [6, 6.07) is 63.7. The molecule has 0 aliphatic heterocycles. The van der Waals surface area contributed by atoms with E-state index in [0.29, 0.717) is 0 Å². The first-order chi connectivity index (χ1) is 25.3. The molecule has 0 fully saturated rings. The van der Waals surface area contributed by atoms with Crippen molar-refractivity contribution in [2.24, 2.45) is 0 Å². The number of nitrogens with zero attached hydrogens (tertiary/aromatic N) is 1. The van der Waals surface area contributed by atoms with Crippen molar-refractivity contribution in [2.45, 2.75) is 0 Å². The Bertz CT molecular complexity index is 3030. The Balaban J connectivity index is 1.12. The second-order valence-electron chi connectivity index (χ2n) is 13.3. The molecule has 51 heavy (non-hydrogen) atoms. The summed E-state index contributed by atoms with van der Waals surface area (Å²) in [4.78, 5) is 0. The van der Waals surface area contributed by atoms with Crippen molar-refractivity contribution in [1.29, 1.82) is 0 Å². The number of hydrogen-bond acceptors (Lipinski definition) is 2. The van der Waals surface area contributed by atoms with Crippen molar-refractivity contribution in [1.82, 2.24) is 4.57 Å². The van der Waals surface area contributed by atoms with E-state index in [4.69, 9.17) is 4.42 Å². The third-order valence-electron chi connectivity index (χ3n) is 10.4. The van der Waals surface area contributed by atoms with Crippen LogP contribution in [0.1, 0.15) is 0 Å².